The molecule has 0 bridgehead atoms. The molecule has 1 saturated heterocycles. The first kappa shape index (κ1) is 29.3. The van der Waals surface area contributed by atoms with Gasteiger partial charge in [0.25, 0.3) is 0 Å². The van der Waals surface area contributed by atoms with Crippen molar-refractivity contribution in [2.24, 2.45) is 5.73 Å². The van der Waals surface area contributed by atoms with E-state index in [1.165, 1.54) is 0 Å². The number of rotatable bonds is 12. The van der Waals surface area contributed by atoms with Gasteiger partial charge in [0.1, 0.15) is 60.7 Å². The molecule has 3 aromatic rings. The van der Waals surface area contributed by atoms with Crippen LogP contribution in [-0.4, -0.2) is 76.8 Å². The number of hydrogen-bond donors (Lipinski definition) is 6. The Kier molecular flexibility index (Phi) is 9.97. The molecule has 0 aliphatic carbocycles. The Bertz CT molecular complexity index is 1270. The molecule has 40 heavy (non-hydrogen) atoms. The van der Waals surface area contributed by atoms with Gasteiger partial charge in [-0.1, -0.05) is 49.7 Å². The first-order valence-electron chi connectivity index (χ1n) is 13.2. The predicted molar refractivity (Wildman–Crippen MR) is 149 cm³/mol. The van der Waals surface area contributed by atoms with E-state index in [1.807, 2.05) is 36.4 Å². The molecule has 0 spiro atoms. The zero-order valence-corrected chi connectivity index (χ0v) is 22.3. The molecule has 3 aromatic carbocycles. The van der Waals surface area contributed by atoms with Crippen LogP contribution in [0.2, 0.25) is 0 Å². The summed E-state index contributed by atoms with van der Waals surface area (Å²) in [4.78, 5) is 0. The molecule has 10 nitrogen and oxygen atoms in total. The van der Waals surface area contributed by atoms with Crippen LogP contribution < -0.4 is 19.9 Å². The molecule has 0 saturated carbocycles. The van der Waals surface area contributed by atoms with E-state index in [1.54, 1.807) is 24.3 Å². The number of nitrogens with one attached hydrogen (secondary N) is 1. The molecular formula is C30H36N2O8. The normalized spacial score (nSPS) is 22.5. The highest BCUT2D eigenvalue weighted by atomic mass is 16.7. The van der Waals surface area contributed by atoms with E-state index in [0.717, 1.165) is 35.3 Å². The maximum Gasteiger partial charge on any atom is 0.229 e. The largest absolute Gasteiger partial charge is 0.490 e. The highest BCUT2D eigenvalue weighted by Gasteiger charge is 2.44. The fourth-order valence-electron chi connectivity index (χ4n) is 4.45. The summed E-state index contributed by atoms with van der Waals surface area (Å²) in [7, 11) is 0. The predicted octanol–water partition coefficient (Wildman–Crippen LogP) is 2.23. The lowest BCUT2D eigenvalue weighted by Crippen LogP contribution is -2.60. The molecule has 5 atom stereocenters. The molecule has 0 aromatic heterocycles. The molecule has 1 aliphatic rings. The third-order valence-corrected chi connectivity index (χ3v) is 6.62. The lowest BCUT2D eigenvalue weighted by Gasteiger charge is -2.39. The van der Waals surface area contributed by atoms with Crippen LogP contribution in [0.1, 0.15) is 24.5 Å². The standard InChI is InChI=1S/C30H36N2O8/c1-2-4-21-15-20(18-7-9-19(10-8-18)29(31)32)11-12-24(21)38-14-13-37-22-5-3-6-23(16-22)39-30-28(36)27(35)26(34)25(17-33)40-30/h3,5-12,15-16,25-28,30,33-36H,2,4,13-14,17H2,1H3,(H3,31,32). The number of aryl methyl sites for hydroxylation is 1. The van der Waals surface area contributed by atoms with Crippen LogP contribution in [0.25, 0.3) is 11.1 Å². The van der Waals surface area contributed by atoms with Crippen LogP contribution in [0.3, 0.4) is 0 Å². The van der Waals surface area contributed by atoms with Gasteiger partial charge in [-0.2, -0.15) is 0 Å². The van der Waals surface area contributed by atoms with Crippen molar-refractivity contribution in [3.8, 4) is 28.4 Å². The van der Waals surface area contributed by atoms with Crippen molar-refractivity contribution >= 4 is 5.84 Å². The lowest BCUT2D eigenvalue weighted by atomic mass is 9.99. The summed E-state index contributed by atoms with van der Waals surface area (Å²) in [5, 5.41) is 47.0. The first-order valence-corrected chi connectivity index (χ1v) is 13.2. The number of hydrogen-bond acceptors (Lipinski definition) is 9. The van der Waals surface area contributed by atoms with Gasteiger partial charge in [-0.05, 0) is 47.4 Å². The van der Waals surface area contributed by atoms with Gasteiger partial charge >= 0.3 is 0 Å². The number of benzene rings is 3. The van der Waals surface area contributed by atoms with E-state index in [2.05, 4.69) is 13.0 Å². The Morgan fingerprint density at radius 3 is 2.27 bits per heavy atom. The summed E-state index contributed by atoms with van der Waals surface area (Å²) in [6.07, 6.45) is -5.00. The quantitative estimate of drug-likeness (QED) is 0.112. The number of amidine groups is 1. The molecule has 1 aliphatic heterocycles. The van der Waals surface area contributed by atoms with Crippen LogP contribution in [0.15, 0.2) is 66.7 Å². The van der Waals surface area contributed by atoms with E-state index < -0.39 is 37.3 Å². The monoisotopic (exact) mass is 552 g/mol. The molecular weight excluding hydrogens is 516 g/mol. The van der Waals surface area contributed by atoms with Crippen molar-refractivity contribution in [3.05, 3.63) is 77.9 Å². The Morgan fingerprint density at radius 2 is 1.57 bits per heavy atom. The Hall–Kier alpha value is -3.67. The third kappa shape index (κ3) is 7.09. The summed E-state index contributed by atoms with van der Waals surface area (Å²) in [6.45, 7) is 2.15. The SMILES string of the molecule is CCCc1cc(-c2ccc(C(=N)N)cc2)ccc1OCCOc1cccc(OC2OC(CO)C(O)C(O)C2O)c1. The van der Waals surface area contributed by atoms with Gasteiger partial charge in [0.05, 0.1) is 6.61 Å². The minimum atomic E-state index is -1.52. The van der Waals surface area contributed by atoms with Crippen LogP contribution in [0.5, 0.6) is 17.2 Å². The van der Waals surface area contributed by atoms with Gasteiger partial charge in [0.15, 0.2) is 0 Å². The summed E-state index contributed by atoms with van der Waals surface area (Å²) < 4.78 is 22.9. The minimum Gasteiger partial charge on any atom is -0.490 e. The number of ether oxygens (including phenoxy) is 4. The maximum absolute atomic E-state index is 10.2. The van der Waals surface area contributed by atoms with Gasteiger partial charge in [-0.15, -0.1) is 0 Å². The van der Waals surface area contributed by atoms with Gasteiger partial charge in [0, 0.05) is 11.6 Å². The fraction of sp³-hybridized carbons (Fsp3) is 0.367. The summed E-state index contributed by atoms with van der Waals surface area (Å²) in [5.74, 6) is 1.65. The average molecular weight is 553 g/mol. The zero-order chi connectivity index (χ0) is 28.6. The van der Waals surface area contributed by atoms with Crippen molar-refractivity contribution in [2.75, 3.05) is 19.8 Å². The van der Waals surface area contributed by atoms with E-state index >= 15 is 0 Å². The molecule has 1 heterocycles. The van der Waals surface area contributed by atoms with E-state index in [9.17, 15) is 20.4 Å². The van der Waals surface area contributed by atoms with Crippen LogP contribution in [-0.2, 0) is 11.2 Å². The molecule has 0 radical (unpaired) electrons. The number of aliphatic hydroxyl groups excluding tert-OH is 4. The van der Waals surface area contributed by atoms with Gasteiger partial charge in [-0.25, -0.2) is 0 Å². The molecule has 214 valence electrons. The smallest absolute Gasteiger partial charge is 0.229 e. The Labute approximate surface area is 233 Å². The molecule has 1 fully saturated rings. The van der Waals surface area contributed by atoms with Gasteiger partial charge in [-0.3, -0.25) is 5.41 Å². The first-order chi connectivity index (χ1) is 19.3. The summed E-state index contributed by atoms with van der Waals surface area (Å²) in [5.41, 5.74) is 9.42. The molecule has 7 N–H and O–H groups in total. The van der Waals surface area contributed by atoms with Crippen molar-refractivity contribution in [2.45, 2.75) is 50.5 Å². The second-order valence-electron chi connectivity index (χ2n) is 9.55. The van der Waals surface area contributed by atoms with E-state index in [-0.39, 0.29) is 12.4 Å². The number of aliphatic hydroxyl groups is 4. The summed E-state index contributed by atoms with van der Waals surface area (Å²) in [6, 6.07) is 20.3. The maximum atomic E-state index is 10.2. The highest BCUT2D eigenvalue weighted by Crippen LogP contribution is 2.29. The molecule has 4 rings (SSSR count). The van der Waals surface area contributed by atoms with Crippen molar-refractivity contribution in [1.82, 2.24) is 0 Å². The summed E-state index contributed by atoms with van der Waals surface area (Å²) >= 11 is 0. The lowest BCUT2D eigenvalue weighted by molar-refractivity contribution is -0.277. The third-order valence-electron chi connectivity index (χ3n) is 6.62. The Balaban J connectivity index is 1.33. The van der Waals surface area contributed by atoms with Gasteiger partial charge in [0.2, 0.25) is 6.29 Å². The van der Waals surface area contributed by atoms with Crippen molar-refractivity contribution < 1.29 is 39.4 Å². The topological polar surface area (TPSA) is 168 Å². The van der Waals surface area contributed by atoms with Crippen LogP contribution in [0.4, 0.5) is 0 Å². The van der Waals surface area contributed by atoms with Crippen molar-refractivity contribution in [1.29, 1.82) is 5.41 Å². The highest BCUT2D eigenvalue weighted by molar-refractivity contribution is 5.95. The van der Waals surface area contributed by atoms with Crippen LogP contribution >= 0.6 is 0 Å². The average Bonchev–Trinajstić information content (AvgIpc) is 2.96. The zero-order valence-electron chi connectivity index (χ0n) is 22.3. The number of nitrogens with two attached hydrogens (primary N) is 1. The van der Waals surface area contributed by atoms with E-state index in [4.69, 9.17) is 30.1 Å². The van der Waals surface area contributed by atoms with E-state index in [0.29, 0.717) is 23.7 Å². The molecule has 10 heteroatoms. The van der Waals surface area contributed by atoms with Crippen molar-refractivity contribution in [3.63, 3.8) is 0 Å². The fourth-order valence-corrected chi connectivity index (χ4v) is 4.45. The van der Waals surface area contributed by atoms with Crippen LogP contribution in [0, 0.1) is 5.41 Å². The second-order valence-corrected chi connectivity index (χ2v) is 9.55. The van der Waals surface area contributed by atoms with Gasteiger partial charge < -0.3 is 45.1 Å². The number of nitrogen functional groups attached to an aromatic ring is 1. The Morgan fingerprint density at radius 1 is 0.875 bits per heavy atom. The second kappa shape index (κ2) is 13.6. The molecule has 0 amide bonds. The minimum absolute atomic E-state index is 0.0391. The molecule has 5 unspecified atom stereocenters.